The first-order chi connectivity index (χ1) is 9.11. The predicted molar refractivity (Wildman–Crippen MR) is 79.9 cm³/mol. The van der Waals surface area contributed by atoms with E-state index in [9.17, 15) is 4.79 Å². The van der Waals surface area contributed by atoms with Crippen LogP contribution in [0.1, 0.15) is 28.4 Å². The zero-order chi connectivity index (χ0) is 13.8. The van der Waals surface area contributed by atoms with Crippen molar-refractivity contribution in [3.05, 3.63) is 63.6 Å². The molecular weight excluding hydrogens is 304 g/mol. The highest BCUT2D eigenvalue weighted by atomic mass is 79.9. The van der Waals surface area contributed by atoms with E-state index in [1.54, 1.807) is 6.07 Å². The van der Waals surface area contributed by atoms with Crippen LogP contribution in [0.5, 0.6) is 5.75 Å². The lowest BCUT2D eigenvalue weighted by molar-refractivity contribution is 0.103. The molecule has 2 aromatic carbocycles. The molecule has 98 valence electrons. The quantitative estimate of drug-likeness (QED) is 0.782. The van der Waals surface area contributed by atoms with Crippen LogP contribution < -0.4 is 4.74 Å². The van der Waals surface area contributed by atoms with Gasteiger partial charge in [-0.25, -0.2) is 0 Å². The Balaban J connectivity index is 2.45. The van der Waals surface area contributed by atoms with Crippen molar-refractivity contribution in [2.45, 2.75) is 13.8 Å². The third-order valence-electron chi connectivity index (χ3n) is 2.77. The summed E-state index contributed by atoms with van der Waals surface area (Å²) in [5.74, 6) is 0.602. The molecule has 2 nitrogen and oxygen atoms in total. The first-order valence-corrected chi connectivity index (χ1v) is 6.95. The second-order valence-corrected chi connectivity index (χ2v) is 5.19. The maximum absolute atomic E-state index is 12.5. The molecule has 0 N–H and O–H groups in total. The van der Waals surface area contributed by atoms with Crippen molar-refractivity contribution in [3.63, 3.8) is 0 Å². The Bertz CT molecular complexity index is 605. The zero-order valence-corrected chi connectivity index (χ0v) is 12.5. The van der Waals surface area contributed by atoms with Gasteiger partial charge in [0.25, 0.3) is 0 Å². The lowest BCUT2D eigenvalue weighted by Gasteiger charge is -2.10. The SMILES string of the molecule is CCOc1ccc(Br)cc1C(=O)c1cccc(C)c1. The van der Waals surface area contributed by atoms with Crippen LogP contribution in [0, 0.1) is 6.92 Å². The second kappa shape index (κ2) is 6.02. The van der Waals surface area contributed by atoms with Crippen LogP contribution in [-0.2, 0) is 0 Å². The summed E-state index contributed by atoms with van der Waals surface area (Å²) in [5, 5.41) is 0. The molecule has 0 fully saturated rings. The molecule has 0 amide bonds. The minimum Gasteiger partial charge on any atom is -0.493 e. The van der Waals surface area contributed by atoms with Crippen LogP contribution in [0.25, 0.3) is 0 Å². The van der Waals surface area contributed by atoms with Crippen LogP contribution in [0.15, 0.2) is 46.9 Å². The molecule has 0 bridgehead atoms. The number of aryl methyl sites for hydroxylation is 1. The molecule has 0 heterocycles. The van der Waals surface area contributed by atoms with Gasteiger partial charge in [-0.15, -0.1) is 0 Å². The van der Waals surface area contributed by atoms with Crippen molar-refractivity contribution in [3.8, 4) is 5.75 Å². The number of ether oxygens (including phenoxy) is 1. The Morgan fingerprint density at radius 2 is 2.00 bits per heavy atom. The van der Waals surface area contributed by atoms with Crippen molar-refractivity contribution in [2.75, 3.05) is 6.61 Å². The van der Waals surface area contributed by atoms with E-state index in [1.165, 1.54) is 0 Å². The number of benzene rings is 2. The molecule has 2 aromatic rings. The molecule has 0 aliphatic rings. The van der Waals surface area contributed by atoms with Gasteiger partial charge in [0, 0.05) is 10.0 Å². The molecule has 0 saturated carbocycles. The monoisotopic (exact) mass is 318 g/mol. The molecular formula is C16H15BrO2. The summed E-state index contributed by atoms with van der Waals surface area (Å²) in [6.07, 6.45) is 0. The number of ketones is 1. The van der Waals surface area contributed by atoms with Gasteiger partial charge in [0.15, 0.2) is 5.78 Å². The van der Waals surface area contributed by atoms with E-state index in [1.807, 2.05) is 50.2 Å². The Morgan fingerprint density at radius 3 is 2.68 bits per heavy atom. The Hall–Kier alpha value is -1.61. The molecule has 0 radical (unpaired) electrons. The van der Waals surface area contributed by atoms with Gasteiger partial charge < -0.3 is 4.74 Å². The third kappa shape index (κ3) is 3.24. The first-order valence-electron chi connectivity index (χ1n) is 6.15. The average molecular weight is 319 g/mol. The van der Waals surface area contributed by atoms with Gasteiger partial charge in [0.2, 0.25) is 0 Å². The van der Waals surface area contributed by atoms with Crippen molar-refractivity contribution in [1.29, 1.82) is 0 Å². The smallest absolute Gasteiger partial charge is 0.196 e. The van der Waals surface area contributed by atoms with Crippen molar-refractivity contribution in [1.82, 2.24) is 0 Å². The Morgan fingerprint density at radius 1 is 1.21 bits per heavy atom. The number of carbonyl (C=O) groups is 1. The van der Waals surface area contributed by atoms with Crippen LogP contribution in [0.4, 0.5) is 0 Å². The molecule has 0 unspecified atom stereocenters. The van der Waals surface area contributed by atoms with Crippen LogP contribution in [0.3, 0.4) is 0 Å². The van der Waals surface area contributed by atoms with Gasteiger partial charge >= 0.3 is 0 Å². The molecule has 0 aliphatic heterocycles. The fourth-order valence-electron chi connectivity index (χ4n) is 1.90. The molecule has 0 aromatic heterocycles. The molecule has 19 heavy (non-hydrogen) atoms. The molecule has 0 aliphatic carbocycles. The van der Waals surface area contributed by atoms with E-state index in [2.05, 4.69) is 15.9 Å². The van der Waals surface area contributed by atoms with Gasteiger partial charge in [-0.3, -0.25) is 4.79 Å². The largest absolute Gasteiger partial charge is 0.493 e. The Labute approximate surface area is 121 Å². The van der Waals surface area contributed by atoms with Gasteiger partial charge in [-0.05, 0) is 38.1 Å². The average Bonchev–Trinajstić information content (AvgIpc) is 2.40. The summed E-state index contributed by atoms with van der Waals surface area (Å²) in [7, 11) is 0. The van der Waals surface area contributed by atoms with Crippen LogP contribution >= 0.6 is 15.9 Å². The van der Waals surface area contributed by atoms with E-state index < -0.39 is 0 Å². The molecule has 0 saturated heterocycles. The van der Waals surface area contributed by atoms with Gasteiger partial charge in [-0.2, -0.15) is 0 Å². The predicted octanol–water partition coefficient (Wildman–Crippen LogP) is 4.39. The van der Waals surface area contributed by atoms with E-state index >= 15 is 0 Å². The normalized spacial score (nSPS) is 10.3. The highest BCUT2D eigenvalue weighted by Crippen LogP contribution is 2.26. The van der Waals surface area contributed by atoms with Gasteiger partial charge in [0.1, 0.15) is 5.75 Å². The summed E-state index contributed by atoms with van der Waals surface area (Å²) in [6.45, 7) is 4.42. The lowest BCUT2D eigenvalue weighted by atomic mass is 10.0. The molecule has 0 spiro atoms. The first kappa shape index (κ1) is 13.8. The highest BCUT2D eigenvalue weighted by molar-refractivity contribution is 9.10. The highest BCUT2D eigenvalue weighted by Gasteiger charge is 2.15. The third-order valence-corrected chi connectivity index (χ3v) is 3.26. The number of halogens is 1. The topological polar surface area (TPSA) is 26.3 Å². The molecule has 0 atom stereocenters. The standard InChI is InChI=1S/C16H15BrO2/c1-3-19-15-8-7-13(17)10-14(15)16(18)12-6-4-5-11(2)9-12/h4-10H,3H2,1-2H3. The Kier molecular flexibility index (Phi) is 4.38. The number of rotatable bonds is 4. The minimum atomic E-state index is -0.0200. The maximum Gasteiger partial charge on any atom is 0.196 e. The lowest BCUT2D eigenvalue weighted by Crippen LogP contribution is -2.05. The summed E-state index contributed by atoms with van der Waals surface area (Å²) in [6, 6.07) is 13.1. The number of carbonyl (C=O) groups excluding carboxylic acids is 1. The van der Waals surface area contributed by atoms with Crippen LogP contribution in [0.2, 0.25) is 0 Å². The fourth-order valence-corrected chi connectivity index (χ4v) is 2.26. The molecule has 2 rings (SSSR count). The second-order valence-electron chi connectivity index (χ2n) is 4.27. The van der Waals surface area contributed by atoms with E-state index in [0.29, 0.717) is 23.5 Å². The van der Waals surface area contributed by atoms with Gasteiger partial charge in [-0.1, -0.05) is 39.7 Å². The summed E-state index contributed by atoms with van der Waals surface area (Å²) in [4.78, 5) is 12.5. The van der Waals surface area contributed by atoms with Crippen molar-refractivity contribution >= 4 is 21.7 Å². The van der Waals surface area contributed by atoms with Crippen molar-refractivity contribution < 1.29 is 9.53 Å². The van der Waals surface area contributed by atoms with E-state index in [0.717, 1.165) is 10.0 Å². The van der Waals surface area contributed by atoms with Gasteiger partial charge in [0.05, 0.1) is 12.2 Å². The number of hydrogen-bond acceptors (Lipinski definition) is 2. The summed E-state index contributed by atoms with van der Waals surface area (Å²) >= 11 is 3.39. The minimum absolute atomic E-state index is 0.0200. The number of hydrogen-bond donors (Lipinski definition) is 0. The van der Waals surface area contributed by atoms with Crippen LogP contribution in [-0.4, -0.2) is 12.4 Å². The maximum atomic E-state index is 12.5. The zero-order valence-electron chi connectivity index (χ0n) is 10.9. The summed E-state index contributed by atoms with van der Waals surface area (Å²) < 4.78 is 6.39. The van der Waals surface area contributed by atoms with E-state index in [4.69, 9.17) is 4.74 Å². The van der Waals surface area contributed by atoms with E-state index in [-0.39, 0.29) is 5.78 Å². The summed E-state index contributed by atoms with van der Waals surface area (Å²) in [5.41, 5.74) is 2.33. The van der Waals surface area contributed by atoms with Crippen molar-refractivity contribution in [2.24, 2.45) is 0 Å². The molecule has 3 heteroatoms. The fraction of sp³-hybridized carbons (Fsp3) is 0.188.